The van der Waals surface area contributed by atoms with E-state index in [1.54, 1.807) is 20.8 Å². The molecule has 0 aromatic heterocycles. The Labute approximate surface area is 188 Å². The van der Waals surface area contributed by atoms with Gasteiger partial charge in [0.1, 0.15) is 0 Å². The highest BCUT2D eigenvalue weighted by atomic mass is 14.3. The molecule has 0 bridgehead atoms. The Morgan fingerprint density at radius 2 is 0.786 bits per heavy atom. The molecule has 0 amide bonds. The first-order valence-corrected chi connectivity index (χ1v) is 8.75. The van der Waals surface area contributed by atoms with E-state index in [2.05, 4.69) is 0 Å². The molecule has 0 radical (unpaired) electrons. The molecule has 136 valence electrons. The number of hydrogen-bond acceptors (Lipinski definition) is 0. The molecule has 4 aromatic carbocycles. The summed E-state index contributed by atoms with van der Waals surface area (Å²) < 4.78 is 131. The second-order valence-electron chi connectivity index (χ2n) is 7.50. The second-order valence-corrected chi connectivity index (χ2v) is 7.50. The highest BCUT2D eigenvalue weighted by Crippen LogP contribution is 2.48. The Bertz CT molecular complexity index is 1940. The summed E-state index contributed by atoms with van der Waals surface area (Å²) in [7, 11) is 0. The normalized spacial score (nSPS) is 19.6. The number of hydrogen-bond donors (Lipinski definition) is 0. The zero-order chi connectivity index (χ0) is 32.4. The SMILES string of the molecule is [2H]c1c([2H])c([2H])c2c(c1[2H])-c1c([2H])c([2H])c([2H])c([2H])c1-c1c([2H])c([2H])c(C(C)(C)C)c([2H])c1-c1c([2H])c([2H])c([2H])c([2H])c1-2. The molecule has 0 fully saturated rings. The largest absolute Gasteiger partial charge is 0.0633 e. The number of benzene rings is 4. The van der Waals surface area contributed by atoms with Crippen LogP contribution >= 0.6 is 0 Å². The smallest absolute Gasteiger partial charge is 0.0616 e. The lowest BCUT2D eigenvalue weighted by molar-refractivity contribution is 0.590. The molecule has 0 heterocycles. The van der Waals surface area contributed by atoms with Gasteiger partial charge in [-0.3, -0.25) is 0 Å². The lowest BCUT2D eigenvalue weighted by Crippen LogP contribution is -2.11. The third-order valence-corrected chi connectivity index (χ3v) is 4.62. The van der Waals surface area contributed by atoms with Crippen LogP contribution in [-0.2, 0) is 5.41 Å². The molecule has 5 rings (SSSR count). The first-order chi connectivity index (χ1) is 19.8. The van der Waals surface area contributed by atoms with Crippen molar-refractivity contribution in [2.75, 3.05) is 0 Å². The fourth-order valence-corrected chi connectivity index (χ4v) is 3.22. The van der Waals surface area contributed by atoms with Crippen LogP contribution in [0.5, 0.6) is 0 Å². The Balaban J connectivity index is 2.33. The van der Waals surface area contributed by atoms with Crippen molar-refractivity contribution in [3.8, 4) is 44.5 Å². The summed E-state index contributed by atoms with van der Waals surface area (Å²) in [6.07, 6.45) is 0. The Morgan fingerprint density at radius 3 is 1.14 bits per heavy atom. The van der Waals surface area contributed by atoms with Gasteiger partial charge < -0.3 is 0 Å². The van der Waals surface area contributed by atoms with E-state index in [1.807, 2.05) is 0 Å². The van der Waals surface area contributed by atoms with Gasteiger partial charge in [0.25, 0.3) is 0 Å². The van der Waals surface area contributed by atoms with Gasteiger partial charge in [0.05, 0.1) is 20.6 Å². The molecule has 0 heteroatoms. The van der Waals surface area contributed by atoms with Gasteiger partial charge in [-0.2, -0.15) is 0 Å². The molecular formula is C28H24. The van der Waals surface area contributed by atoms with Crippen LogP contribution < -0.4 is 0 Å². The van der Waals surface area contributed by atoms with Gasteiger partial charge in [0.2, 0.25) is 0 Å². The maximum Gasteiger partial charge on any atom is 0.0633 e. The zero-order valence-corrected chi connectivity index (χ0v) is 15.5. The highest BCUT2D eigenvalue weighted by molar-refractivity contribution is 6.03. The van der Waals surface area contributed by atoms with Crippen molar-refractivity contribution in [3.63, 3.8) is 0 Å². The molecule has 0 N–H and O–H groups in total. The van der Waals surface area contributed by atoms with Gasteiger partial charge in [-0.05, 0) is 61.5 Å². The average molecular weight is 376 g/mol. The van der Waals surface area contributed by atoms with Crippen LogP contribution in [0.4, 0.5) is 0 Å². The summed E-state index contributed by atoms with van der Waals surface area (Å²) in [5, 5.41) is 0. The van der Waals surface area contributed by atoms with E-state index in [-0.39, 0.29) is 22.3 Å². The second kappa shape index (κ2) is 6.21. The van der Waals surface area contributed by atoms with Crippen molar-refractivity contribution in [1.82, 2.24) is 0 Å². The van der Waals surface area contributed by atoms with Crippen molar-refractivity contribution in [2.45, 2.75) is 26.2 Å². The standard InChI is InChI=1S/C28H24/c1-28(2,3)19-16-17-26-24-14-7-6-12-22(24)20-10-4-5-11-21(20)23-13-8-9-15-25(23)27(26)18-19/h4-18H,1-3H3/i4D,5D,6D,7D,8D,9D,10D,11D,12D,13D,14D,15D,16D,17D,18D. The quantitative estimate of drug-likeness (QED) is 0.257. The topological polar surface area (TPSA) is 0 Å². The molecule has 0 atom stereocenters. The fraction of sp³-hybridized carbons (Fsp3) is 0.143. The lowest BCUT2D eigenvalue weighted by Gasteiger charge is -2.26. The van der Waals surface area contributed by atoms with E-state index in [1.165, 1.54) is 0 Å². The number of rotatable bonds is 0. The summed E-state index contributed by atoms with van der Waals surface area (Å²) in [5.41, 5.74) is -4.01. The molecule has 0 aliphatic heterocycles. The van der Waals surface area contributed by atoms with Crippen molar-refractivity contribution in [2.24, 2.45) is 0 Å². The minimum atomic E-state index is -0.924. The third kappa shape index (κ3) is 2.60. The van der Waals surface area contributed by atoms with Crippen LogP contribution in [0.25, 0.3) is 44.5 Å². The van der Waals surface area contributed by atoms with E-state index in [0.29, 0.717) is 0 Å². The summed E-state index contributed by atoms with van der Waals surface area (Å²) in [6, 6.07) is -10.0. The zero-order valence-electron chi connectivity index (χ0n) is 30.5. The van der Waals surface area contributed by atoms with E-state index in [9.17, 15) is 1.37 Å². The van der Waals surface area contributed by atoms with Gasteiger partial charge in [-0.25, -0.2) is 0 Å². The Hall–Kier alpha value is -3.12. The monoisotopic (exact) mass is 375 g/mol. The summed E-state index contributed by atoms with van der Waals surface area (Å²) in [4.78, 5) is 0. The molecule has 1 aliphatic carbocycles. The lowest BCUT2D eigenvalue weighted by atomic mass is 9.78. The molecule has 0 saturated carbocycles. The van der Waals surface area contributed by atoms with Gasteiger partial charge in [0, 0.05) is 0 Å². The van der Waals surface area contributed by atoms with E-state index in [4.69, 9.17) is 19.2 Å². The first-order valence-electron chi connectivity index (χ1n) is 16.2. The molecule has 0 saturated heterocycles. The number of fused-ring (bicyclic) bond motifs is 8. The van der Waals surface area contributed by atoms with Gasteiger partial charge in [0.15, 0.2) is 0 Å². The first kappa shape index (κ1) is 7.37. The maximum atomic E-state index is 9.33. The van der Waals surface area contributed by atoms with Crippen molar-refractivity contribution >= 4 is 0 Å². The van der Waals surface area contributed by atoms with Gasteiger partial charge >= 0.3 is 0 Å². The van der Waals surface area contributed by atoms with Crippen molar-refractivity contribution in [3.05, 3.63) is 96.2 Å². The van der Waals surface area contributed by atoms with Crippen molar-refractivity contribution in [1.29, 1.82) is 0 Å². The summed E-state index contributed by atoms with van der Waals surface area (Å²) >= 11 is 0. The Morgan fingerprint density at radius 1 is 0.464 bits per heavy atom. The Kier molecular flexibility index (Phi) is 1.63. The minimum absolute atomic E-state index is 0.0489. The predicted octanol–water partition coefficient (Wildman–Crippen LogP) is 7.97. The van der Waals surface area contributed by atoms with Crippen LogP contribution in [0.2, 0.25) is 0 Å². The predicted molar refractivity (Wildman–Crippen MR) is 120 cm³/mol. The molecule has 28 heavy (non-hydrogen) atoms. The van der Waals surface area contributed by atoms with Crippen LogP contribution in [0, 0.1) is 0 Å². The van der Waals surface area contributed by atoms with Crippen LogP contribution in [0.15, 0.2) is 90.6 Å². The van der Waals surface area contributed by atoms with E-state index < -0.39 is 124 Å². The van der Waals surface area contributed by atoms with Gasteiger partial charge in [-0.15, -0.1) is 0 Å². The van der Waals surface area contributed by atoms with Crippen LogP contribution in [0.1, 0.15) is 46.9 Å². The molecule has 1 aliphatic rings. The third-order valence-electron chi connectivity index (χ3n) is 4.62. The van der Waals surface area contributed by atoms with E-state index in [0.717, 1.165) is 0 Å². The molecular weight excluding hydrogens is 336 g/mol. The van der Waals surface area contributed by atoms with Crippen molar-refractivity contribution < 1.29 is 20.6 Å². The van der Waals surface area contributed by atoms with Crippen LogP contribution in [-0.4, -0.2) is 0 Å². The fourth-order valence-electron chi connectivity index (χ4n) is 3.22. The molecule has 0 unspecified atom stereocenters. The van der Waals surface area contributed by atoms with E-state index >= 15 is 0 Å². The minimum Gasteiger partial charge on any atom is -0.0616 e. The highest BCUT2D eigenvalue weighted by Gasteiger charge is 2.23. The summed E-state index contributed by atoms with van der Waals surface area (Å²) in [6.45, 7) is 5.08. The molecule has 4 aromatic rings. The molecule has 0 nitrogen and oxygen atoms in total. The average Bonchev–Trinajstić information content (AvgIpc) is 2.92. The van der Waals surface area contributed by atoms with Gasteiger partial charge in [-0.1, -0.05) is 105 Å². The van der Waals surface area contributed by atoms with Crippen LogP contribution in [0.3, 0.4) is 0 Å². The summed E-state index contributed by atoms with van der Waals surface area (Å²) in [5.74, 6) is 0. The molecule has 0 spiro atoms. The maximum absolute atomic E-state index is 9.33.